The van der Waals surface area contributed by atoms with E-state index in [1.165, 1.54) is 14.2 Å². The van der Waals surface area contributed by atoms with E-state index >= 15 is 0 Å². The van der Waals surface area contributed by atoms with Gasteiger partial charge in [-0.05, 0) is 12.8 Å². The highest BCUT2D eigenvalue weighted by atomic mass is 16.5. The van der Waals surface area contributed by atoms with Crippen molar-refractivity contribution in [1.29, 1.82) is 0 Å². The molecule has 0 aliphatic carbocycles. The first-order chi connectivity index (χ1) is 7.69. The molecule has 1 aliphatic rings. The highest BCUT2D eigenvalue weighted by Crippen LogP contribution is 2.23. The van der Waals surface area contributed by atoms with Crippen LogP contribution >= 0.6 is 0 Å². The van der Waals surface area contributed by atoms with E-state index in [0.29, 0.717) is 0 Å². The summed E-state index contributed by atoms with van der Waals surface area (Å²) in [5, 5.41) is 4.07. The number of ether oxygens (including phenoxy) is 2. The first-order valence-electron chi connectivity index (χ1n) is 4.95. The van der Waals surface area contributed by atoms with Crippen molar-refractivity contribution in [2.45, 2.75) is 19.4 Å². The van der Waals surface area contributed by atoms with Gasteiger partial charge in [-0.15, -0.1) is 0 Å². The summed E-state index contributed by atoms with van der Waals surface area (Å²) in [6, 6.07) is 0. The Morgan fingerprint density at radius 1 is 1.25 bits per heavy atom. The zero-order chi connectivity index (χ0) is 11.7. The number of fused-ring (bicyclic) bond motifs is 1. The highest BCUT2D eigenvalue weighted by Gasteiger charge is 2.30. The van der Waals surface area contributed by atoms with Gasteiger partial charge in [0.2, 0.25) is 0 Å². The molecule has 0 unspecified atom stereocenters. The van der Waals surface area contributed by atoms with Gasteiger partial charge >= 0.3 is 11.9 Å². The SMILES string of the molecule is COC(=O)c1nn2c(c1C(=O)OC)CCC2. The molecule has 0 atom stereocenters. The van der Waals surface area contributed by atoms with Crippen LogP contribution in [-0.2, 0) is 22.4 Å². The Kier molecular flexibility index (Phi) is 2.64. The molecule has 0 N–H and O–H groups in total. The van der Waals surface area contributed by atoms with Crippen LogP contribution in [0.1, 0.15) is 33.0 Å². The number of aromatic nitrogens is 2. The van der Waals surface area contributed by atoms with Gasteiger partial charge in [0.15, 0.2) is 5.69 Å². The number of aryl methyl sites for hydroxylation is 1. The largest absolute Gasteiger partial charge is 0.465 e. The Labute approximate surface area is 92.1 Å². The van der Waals surface area contributed by atoms with Gasteiger partial charge in [-0.2, -0.15) is 5.10 Å². The molecule has 1 aromatic rings. The molecule has 0 bridgehead atoms. The molecule has 6 nitrogen and oxygen atoms in total. The summed E-state index contributed by atoms with van der Waals surface area (Å²) >= 11 is 0. The fourth-order valence-corrected chi connectivity index (χ4v) is 1.89. The molecule has 0 spiro atoms. The Morgan fingerprint density at radius 3 is 2.56 bits per heavy atom. The summed E-state index contributed by atoms with van der Waals surface area (Å²) in [4.78, 5) is 23.0. The second-order valence-electron chi connectivity index (χ2n) is 3.48. The Balaban J connectivity index is 2.53. The smallest absolute Gasteiger partial charge is 0.359 e. The summed E-state index contributed by atoms with van der Waals surface area (Å²) in [5.41, 5.74) is 1.04. The molecule has 0 amide bonds. The van der Waals surface area contributed by atoms with Crippen molar-refractivity contribution in [3.05, 3.63) is 17.0 Å². The minimum atomic E-state index is -0.609. The van der Waals surface area contributed by atoms with Gasteiger partial charge in [-0.3, -0.25) is 4.68 Å². The summed E-state index contributed by atoms with van der Waals surface area (Å²) < 4.78 is 10.9. The van der Waals surface area contributed by atoms with Crippen molar-refractivity contribution < 1.29 is 19.1 Å². The summed E-state index contributed by atoms with van der Waals surface area (Å²) in [5.74, 6) is -1.15. The Bertz CT molecular complexity index is 450. The van der Waals surface area contributed by atoms with Gasteiger partial charge in [0, 0.05) is 6.54 Å². The average molecular weight is 224 g/mol. The number of esters is 2. The van der Waals surface area contributed by atoms with Gasteiger partial charge in [0.05, 0.1) is 19.9 Å². The Morgan fingerprint density at radius 2 is 1.94 bits per heavy atom. The second-order valence-corrected chi connectivity index (χ2v) is 3.48. The van der Waals surface area contributed by atoms with Crippen molar-refractivity contribution >= 4 is 11.9 Å². The van der Waals surface area contributed by atoms with Crippen LogP contribution in [0.4, 0.5) is 0 Å². The lowest BCUT2D eigenvalue weighted by Gasteiger charge is -2.00. The molecule has 86 valence electrons. The van der Waals surface area contributed by atoms with E-state index in [9.17, 15) is 9.59 Å². The van der Waals surface area contributed by atoms with Crippen LogP contribution < -0.4 is 0 Å². The predicted molar refractivity (Wildman–Crippen MR) is 53.2 cm³/mol. The van der Waals surface area contributed by atoms with E-state index in [1.807, 2.05) is 0 Å². The number of methoxy groups -OCH3 is 2. The third-order valence-electron chi connectivity index (χ3n) is 2.61. The lowest BCUT2D eigenvalue weighted by molar-refractivity contribution is 0.0551. The third kappa shape index (κ3) is 1.46. The van der Waals surface area contributed by atoms with E-state index in [1.54, 1.807) is 4.68 Å². The summed E-state index contributed by atoms with van der Waals surface area (Å²) in [7, 11) is 2.54. The molecule has 16 heavy (non-hydrogen) atoms. The normalized spacial score (nSPS) is 13.4. The maximum Gasteiger partial charge on any atom is 0.359 e. The summed E-state index contributed by atoms with van der Waals surface area (Å²) in [6.45, 7) is 0.719. The van der Waals surface area contributed by atoms with Crippen molar-refractivity contribution in [2.75, 3.05) is 14.2 Å². The summed E-state index contributed by atoms with van der Waals surface area (Å²) in [6.07, 6.45) is 1.65. The molecular weight excluding hydrogens is 212 g/mol. The van der Waals surface area contributed by atoms with Crippen LogP contribution in [0.15, 0.2) is 0 Å². The monoisotopic (exact) mass is 224 g/mol. The maximum atomic E-state index is 11.6. The Hall–Kier alpha value is -1.85. The molecule has 0 saturated carbocycles. The number of hydrogen-bond acceptors (Lipinski definition) is 5. The second kappa shape index (κ2) is 3.96. The standard InChI is InChI=1S/C10H12N2O4/c1-15-9(13)7-6-4-3-5-12(6)11-8(7)10(14)16-2/h3-5H2,1-2H3. The zero-order valence-corrected chi connectivity index (χ0v) is 9.15. The number of nitrogens with zero attached hydrogens (tertiary/aromatic N) is 2. The fourth-order valence-electron chi connectivity index (χ4n) is 1.89. The van der Waals surface area contributed by atoms with Crippen LogP contribution in [0.3, 0.4) is 0 Å². The third-order valence-corrected chi connectivity index (χ3v) is 2.61. The highest BCUT2D eigenvalue weighted by molar-refractivity contribution is 6.02. The number of rotatable bonds is 2. The number of carbonyl (C=O) groups excluding carboxylic acids is 2. The van der Waals surface area contributed by atoms with Gasteiger partial charge in [0.25, 0.3) is 0 Å². The van der Waals surface area contributed by atoms with Crippen LogP contribution in [0.2, 0.25) is 0 Å². The van der Waals surface area contributed by atoms with Gasteiger partial charge in [-0.1, -0.05) is 0 Å². The quantitative estimate of drug-likeness (QED) is 0.680. The molecule has 2 heterocycles. The van der Waals surface area contributed by atoms with Crippen molar-refractivity contribution in [2.24, 2.45) is 0 Å². The fraction of sp³-hybridized carbons (Fsp3) is 0.500. The van der Waals surface area contributed by atoms with E-state index in [4.69, 9.17) is 0 Å². The van der Waals surface area contributed by atoms with Crippen LogP contribution in [-0.4, -0.2) is 35.9 Å². The van der Waals surface area contributed by atoms with Gasteiger partial charge < -0.3 is 9.47 Å². The number of carbonyl (C=O) groups is 2. The van der Waals surface area contributed by atoms with Crippen LogP contribution in [0.25, 0.3) is 0 Å². The maximum absolute atomic E-state index is 11.6. The first kappa shape index (κ1) is 10.7. The van der Waals surface area contributed by atoms with Crippen LogP contribution in [0, 0.1) is 0 Å². The minimum Gasteiger partial charge on any atom is -0.465 e. The zero-order valence-electron chi connectivity index (χ0n) is 9.15. The first-order valence-corrected chi connectivity index (χ1v) is 4.95. The van der Waals surface area contributed by atoms with Gasteiger partial charge in [-0.25, -0.2) is 9.59 Å². The molecular formula is C10H12N2O4. The van der Waals surface area contributed by atoms with Gasteiger partial charge in [0.1, 0.15) is 5.56 Å². The van der Waals surface area contributed by atoms with Crippen molar-refractivity contribution in [1.82, 2.24) is 9.78 Å². The average Bonchev–Trinajstić information content (AvgIpc) is 2.86. The lowest BCUT2D eigenvalue weighted by atomic mass is 10.1. The molecule has 0 aromatic carbocycles. The van der Waals surface area contributed by atoms with Crippen molar-refractivity contribution in [3.8, 4) is 0 Å². The molecule has 0 radical (unpaired) electrons. The number of hydrogen-bond donors (Lipinski definition) is 0. The molecule has 0 saturated heterocycles. The van der Waals surface area contributed by atoms with E-state index in [0.717, 1.165) is 25.1 Å². The van der Waals surface area contributed by atoms with Crippen LogP contribution in [0.5, 0.6) is 0 Å². The minimum absolute atomic E-state index is 0.0454. The molecule has 6 heteroatoms. The van der Waals surface area contributed by atoms with Crippen molar-refractivity contribution in [3.63, 3.8) is 0 Å². The predicted octanol–water partition coefficient (Wildman–Crippen LogP) is 0.402. The topological polar surface area (TPSA) is 70.4 Å². The molecule has 1 aromatic heterocycles. The lowest BCUT2D eigenvalue weighted by Crippen LogP contribution is -2.12. The van der Waals surface area contributed by atoms with E-state index in [2.05, 4.69) is 14.6 Å². The molecule has 2 rings (SSSR count). The molecule has 0 fully saturated rings. The molecule has 1 aliphatic heterocycles. The van der Waals surface area contributed by atoms with E-state index in [-0.39, 0.29) is 11.3 Å². The van der Waals surface area contributed by atoms with E-state index < -0.39 is 11.9 Å².